The molecule has 1 atom stereocenters. The van der Waals surface area contributed by atoms with Gasteiger partial charge in [0, 0.05) is 30.2 Å². The van der Waals surface area contributed by atoms with Crippen LogP contribution < -0.4 is 5.32 Å². The molecule has 0 saturated carbocycles. The first kappa shape index (κ1) is 18.4. The average molecular weight is 347 g/mol. The fourth-order valence-electron chi connectivity index (χ4n) is 2.48. The molecule has 2 aromatic rings. The summed E-state index contributed by atoms with van der Waals surface area (Å²) in [7, 11) is 1.82. The molecule has 2 heterocycles. The van der Waals surface area contributed by atoms with Crippen molar-refractivity contribution in [2.45, 2.75) is 52.1 Å². The Morgan fingerprint density at radius 1 is 1.33 bits per heavy atom. The Morgan fingerprint density at radius 3 is 2.54 bits per heavy atom. The topological polar surface area (TPSA) is 58.1 Å². The number of amides is 2. The van der Waals surface area contributed by atoms with Crippen LogP contribution in [0.25, 0.3) is 0 Å². The smallest absolute Gasteiger partial charge is 0.317 e. The zero-order chi connectivity index (χ0) is 17.7. The van der Waals surface area contributed by atoms with E-state index in [-0.39, 0.29) is 17.5 Å². The summed E-state index contributed by atoms with van der Waals surface area (Å²) in [6.07, 6.45) is 4.36. The van der Waals surface area contributed by atoms with E-state index in [2.05, 4.69) is 43.0 Å². The number of rotatable bonds is 5. The van der Waals surface area contributed by atoms with Crippen LogP contribution in [0.2, 0.25) is 0 Å². The van der Waals surface area contributed by atoms with Crippen LogP contribution in [0.4, 0.5) is 4.79 Å². The maximum absolute atomic E-state index is 12.5. The Bertz CT molecular complexity index is 663. The molecule has 1 N–H and O–H groups in total. The van der Waals surface area contributed by atoms with Gasteiger partial charge in [0.2, 0.25) is 0 Å². The van der Waals surface area contributed by atoms with Crippen molar-refractivity contribution in [1.82, 2.24) is 20.2 Å². The Labute approximate surface area is 148 Å². The summed E-state index contributed by atoms with van der Waals surface area (Å²) in [5.41, 5.74) is 2.04. The van der Waals surface area contributed by atoms with Crippen molar-refractivity contribution in [1.29, 1.82) is 0 Å². The molecule has 0 aliphatic heterocycles. The number of nitrogens with one attached hydrogen (secondary N) is 1. The van der Waals surface area contributed by atoms with Gasteiger partial charge in [0.1, 0.15) is 0 Å². The van der Waals surface area contributed by atoms with Gasteiger partial charge >= 0.3 is 6.03 Å². The maximum Gasteiger partial charge on any atom is 0.317 e. The molecule has 0 saturated heterocycles. The third-order valence-electron chi connectivity index (χ3n) is 3.88. The summed E-state index contributed by atoms with van der Waals surface area (Å²) >= 11 is 1.64. The van der Waals surface area contributed by atoms with Gasteiger partial charge in [-0.3, -0.25) is 4.98 Å². The Kier molecular flexibility index (Phi) is 5.94. The van der Waals surface area contributed by atoms with E-state index < -0.39 is 0 Å². The fourth-order valence-corrected chi connectivity index (χ4v) is 3.39. The molecule has 5 nitrogen and oxygen atoms in total. The standard InChI is InChI=1S/C18H26N4OS/c1-6-15(13-7-9-19-10-8-13)22(5)17(23)20-11-14-12-24-16(21-14)18(2,3)4/h7-10,12,15H,6,11H2,1-5H3,(H,20,23)/t15-/m1/s1. The number of thiazole rings is 1. The van der Waals surface area contributed by atoms with Crippen LogP contribution >= 0.6 is 11.3 Å². The van der Waals surface area contributed by atoms with E-state index >= 15 is 0 Å². The highest BCUT2D eigenvalue weighted by molar-refractivity contribution is 7.09. The van der Waals surface area contributed by atoms with E-state index in [4.69, 9.17) is 0 Å². The molecule has 2 amide bonds. The van der Waals surface area contributed by atoms with Crippen LogP contribution in [0, 0.1) is 0 Å². The highest BCUT2D eigenvalue weighted by atomic mass is 32.1. The summed E-state index contributed by atoms with van der Waals surface area (Å²) in [5, 5.41) is 6.06. The summed E-state index contributed by atoms with van der Waals surface area (Å²) in [6.45, 7) is 8.95. The summed E-state index contributed by atoms with van der Waals surface area (Å²) in [5.74, 6) is 0. The van der Waals surface area contributed by atoms with Crippen molar-refractivity contribution < 1.29 is 4.79 Å². The number of hydrogen-bond donors (Lipinski definition) is 1. The van der Waals surface area contributed by atoms with Crippen LogP contribution in [0.15, 0.2) is 29.9 Å². The van der Waals surface area contributed by atoms with Crippen LogP contribution in [0.5, 0.6) is 0 Å². The first-order valence-corrected chi connectivity index (χ1v) is 9.06. The summed E-state index contributed by atoms with van der Waals surface area (Å²) in [4.78, 5) is 22.9. The van der Waals surface area contributed by atoms with Crippen molar-refractivity contribution >= 4 is 17.4 Å². The number of hydrogen-bond acceptors (Lipinski definition) is 4. The quantitative estimate of drug-likeness (QED) is 0.885. The largest absolute Gasteiger partial charge is 0.332 e. The molecular formula is C18H26N4OS. The zero-order valence-electron chi connectivity index (χ0n) is 15.0. The lowest BCUT2D eigenvalue weighted by molar-refractivity contribution is 0.188. The molecular weight excluding hydrogens is 320 g/mol. The van der Waals surface area contributed by atoms with Crippen molar-refractivity contribution in [2.75, 3.05) is 7.05 Å². The fraction of sp³-hybridized carbons (Fsp3) is 0.500. The van der Waals surface area contributed by atoms with Crippen molar-refractivity contribution in [2.24, 2.45) is 0 Å². The minimum Gasteiger partial charge on any atom is -0.332 e. The molecule has 0 aromatic carbocycles. The van der Waals surface area contributed by atoms with Gasteiger partial charge in [0.25, 0.3) is 0 Å². The van der Waals surface area contributed by atoms with E-state index in [9.17, 15) is 4.79 Å². The number of carbonyl (C=O) groups is 1. The second kappa shape index (κ2) is 7.75. The maximum atomic E-state index is 12.5. The normalized spacial score (nSPS) is 12.7. The third kappa shape index (κ3) is 4.54. The van der Waals surface area contributed by atoms with Gasteiger partial charge in [0.15, 0.2) is 0 Å². The number of pyridine rings is 1. The lowest BCUT2D eigenvalue weighted by Crippen LogP contribution is -2.39. The second-order valence-electron chi connectivity index (χ2n) is 6.87. The molecule has 0 radical (unpaired) electrons. The Hall–Kier alpha value is -1.95. The molecule has 2 aromatic heterocycles. The van der Waals surface area contributed by atoms with Crippen molar-refractivity contribution in [3.05, 3.63) is 46.2 Å². The minimum atomic E-state index is -0.0935. The van der Waals surface area contributed by atoms with Gasteiger partial charge in [-0.05, 0) is 24.1 Å². The molecule has 0 fully saturated rings. The predicted octanol–water partition coefficient (Wildman–Crippen LogP) is 4.13. The first-order valence-electron chi connectivity index (χ1n) is 8.18. The van der Waals surface area contributed by atoms with Gasteiger partial charge in [-0.1, -0.05) is 27.7 Å². The van der Waals surface area contributed by atoms with E-state index in [1.807, 2.05) is 24.6 Å². The summed E-state index contributed by atoms with van der Waals surface area (Å²) < 4.78 is 0. The molecule has 24 heavy (non-hydrogen) atoms. The number of carbonyl (C=O) groups excluding carboxylic acids is 1. The SMILES string of the molecule is CC[C@H](c1ccncc1)N(C)C(=O)NCc1csc(C(C)(C)C)n1. The lowest BCUT2D eigenvalue weighted by Gasteiger charge is -2.27. The molecule has 0 bridgehead atoms. The van der Waals surface area contributed by atoms with Gasteiger partial charge in [-0.15, -0.1) is 11.3 Å². The molecule has 0 aliphatic rings. The first-order chi connectivity index (χ1) is 11.3. The van der Waals surface area contributed by atoms with E-state index in [0.29, 0.717) is 6.54 Å². The van der Waals surface area contributed by atoms with Crippen LogP contribution in [-0.4, -0.2) is 27.9 Å². The van der Waals surface area contributed by atoms with Gasteiger partial charge < -0.3 is 10.2 Å². The second-order valence-corrected chi connectivity index (χ2v) is 7.73. The van der Waals surface area contributed by atoms with Crippen LogP contribution in [0.3, 0.4) is 0 Å². The number of urea groups is 1. The average Bonchev–Trinajstić information content (AvgIpc) is 3.03. The lowest BCUT2D eigenvalue weighted by atomic mass is 9.98. The number of nitrogens with zero attached hydrogens (tertiary/aromatic N) is 3. The zero-order valence-corrected chi connectivity index (χ0v) is 15.9. The Balaban J connectivity index is 1.97. The van der Waals surface area contributed by atoms with Crippen LogP contribution in [-0.2, 0) is 12.0 Å². The van der Waals surface area contributed by atoms with E-state index in [0.717, 1.165) is 22.7 Å². The van der Waals surface area contributed by atoms with Crippen LogP contribution in [0.1, 0.15) is 56.4 Å². The minimum absolute atomic E-state index is 0.0357. The van der Waals surface area contributed by atoms with Crippen molar-refractivity contribution in [3.8, 4) is 0 Å². The third-order valence-corrected chi connectivity index (χ3v) is 5.20. The molecule has 0 unspecified atom stereocenters. The predicted molar refractivity (Wildman–Crippen MR) is 98.1 cm³/mol. The molecule has 0 spiro atoms. The van der Waals surface area contributed by atoms with E-state index in [1.165, 1.54) is 0 Å². The summed E-state index contributed by atoms with van der Waals surface area (Å²) in [6, 6.07) is 3.85. The van der Waals surface area contributed by atoms with Crippen molar-refractivity contribution in [3.63, 3.8) is 0 Å². The van der Waals surface area contributed by atoms with E-state index in [1.54, 1.807) is 28.6 Å². The highest BCUT2D eigenvalue weighted by Crippen LogP contribution is 2.26. The van der Waals surface area contributed by atoms with Gasteiger partial charge in [0.05, 0.1) is 23.3 Å². The molecule has 2 rings (SSSR count). The van der Waals surface area contributed by atoms with Gasteiger partial charge in [-0.25, -0.2) is 9.78 Å². The molecule has 6 heteroatoms. The monoisotopic (exact) mass is 346 g/mol. The molecule has 0 aliphatic carbocycles. The van der Waals surface area contributed by atoms with Gasteiger partial charge in [-0.2, -0.15) is 0 Å². The highest BCUT2D eigenvalue weighted by Gasteiger charge is 2.21. The molecule has 130 valence electrons. The Morgan fingerprint density at radius 2 is 2.00 bits per heavy atom. The number of aromatic nitrogens is 2.